The molecule has 13 nitrogen and oxygen atoms in total. The van der Waals surface area contributed by atoms with Crippen LogP contribution in [0.3, 0.4) is 0 Å². The van der Waals surface area contributed by atoms with Gasteiger partial charge >= 0.3 is 0 Å². The van der Waals surface area contributed by atoms with Crippen molar-refractivity contribution in [2.24, 2.45) is 23.7 Å². The van der Waals surface area contributed by atoms with Crippen LogP contribution in [0, 0.1) is 23.7 Å². The number of benzene rings is 6. The summed E-state index contributed by atoms with van der Waals surface area (Å²) in [6.45, 7) is 28.1. The maximum Gasteiger partial charge on any atom is 0.123 e. The first-order valence-corrected chi connectivity index (χ1v) is 26.9. The molecule has 0 fully saturated rings. The Morgan fingerprint density at radius 1 is 0.446 bits per heavy atom. The lowest BCUT2D eigenvalue weighted by Crippen LogP contribution is -2.41. The van der Waals surface area contributed by atoms with Crippen molar-refractivity contribution < 1.29 is 18.9 Å². The van der Waals surface area contributed by atoms with Crippen LogP contribution in [0.4, 0.5) is 11.4 Å². The van der Waals surface area contributed by atoms with Gasteiger partial charge in [-0.2, -0.15) is 30.0 Å². The van der Waals surface area contributed by atoms with Crippen LogP contribution in [-0.2, 0) is 13.1 Å². The molecule has 3 heterocycles. The number of aromatic nitrogens is 6. The number of aryl methyl sites for hydroxylation is 2. The molecule has 0 unspecified atom stereocenters. The summed E-state index contributed by atoms with van der Waals surface area (Å²) < 4.78 is 24.0. The minimum atomic E-state index is 0.414. The van der Waals surface area contributed by atoms with Gasteiger partial charge in [0.05, 0.1) is 50.9 Å². The van der Waals surface area contributed by atoms with Crippen LogP contribution < -0.4 is 29.4 Å². The third-order valence-corrected chi connectivity index (χ3v) is 12.5. The van der Waals surface area contributed by atoms with Crippen LogP contribution in [0.1, 0.15) is 89.0 Å². The van der Waals surface area contributed by atoms with Crippen LogP contribution in [0.15, 0.2) is 109 Å². The van der Waals surface area contributed by atoms with E-state index in [1.165, 1.54) is 0 Å². The van der Waals surface area contributed by atoms with Gasteiger partial charge in [-0.1, -0.05) is 130 Å². The summed E-state index contributed by atoms with van der Waals surface area (Å²) in [6, 6.07) is 37.6. The quantitative estimate of drug-likeness (QED) is 0.0654. The van der Waals surface area contributed by atoms with E-state index < -0.39 is 0 Å². The molecule has 0 atom stereocenters. The van der Waals surface area contributed by atoms with Gasteiger partial charge in [-0.15, -0.1) is 5.12 Å². The van der Waals surface area contributed by atoms with Gasteiger partial charge in [-0.25, -0.2) is 0 Å². The Hall–Kier alpha value is -7.12. The zero-order chi connectivity index (χ0) is 52.5. The standard InChI is InChI=1S/C59H71N9O4.C2H6/c1-11-69-46-22-14-42(15-23-46)50-30-31-51(43-16-24-47(25-17-43)70-35-39(4)5)55-54(50)60-66(61-55)32-12-13-33-67-62-56-52(44-18-26-48(27-19-44)71-36-40(6)7)58-59(65(10)68(64-58)34-38(2)3)53(57(56)63-67)45-20-28-49(29-21-45)72-37-41(8)9;1-2/h14-31,38-41,64H,11-13,32-37H2,1-10H3;1-2H3. The van der Waals surface area contributed by atoms with E-state index in [9.17, 15) is 0 Å². The molecule has 6 aromatic carbocycles. The minimum Gasteiger partial charge on any atom is -0.494 e. The predicted octanol–water partition coefficient (Wildman–Crippen LogP) is 14.5. The number of hydrogen-bond acceptors (Lipinski definition) is 11. The van der Waals surface area contributed by atoms with Crippen molar-refractivity contribution in [1.29, 1.82) is 0 Å². The molecule has 1 N–H and O–H groups in total. The lowest BCUT2D eigenvalue weighted by Gasteiger charge is -2.27. The lowest BCUT2D eigenvalue weighted by atomic mass is 9.93. The Kier molecular flexibility index (Phi) is 17.4. The fourth-order valence-corrected chi connectivity index (χ4v) is 9.04. The number of nitrogens with one attached hydrogen (secondary N) is 1. The molecule has 74 heavy (non-hydrogen) atoms. The smallest absolute Gasteiger partial charge is 0.123 e. The number of hydrazine groups is 2. The average molecular weight is 1000 g/mol. The molecule has 0 saturated carbocycles. The Morgan fingerprint density at radius 3 is 1.20 bits per heavy atom. The van der Waals surface area contributed by atoms with Crippen molar-refractivity contribution in [1.82, 2.24) is 35.1 Å². The number of fused-ring (bicyclic) bond motifs is 3. The van der Waals surface area contributed by atoms with Crippen molar-refractivity contribution in [3.8, 4) is 67.5 Å². The van der Waals surface area contributed by atoms with Crippen molar-refractivity contribution in [3.63, 3.8) is 0 Å². The maximum atomic E-state index is 6.13. The van der Waals surface area contributed by atoms with Crippen molar-refractivity contribution in [2.75, 3.05) is 50.5 Å². The van der Waals surface area contributed by atoms with Gasteiger partial charge in [0, 0.05) is 35.8 Å². The predicted molar refractivity (Wildman–Crippen MR) is 303 cm³/mol. The highest BCUT2D eigenvalue weighted by Crippen LogP contribution is 2.52. The fraction of sp³-hybridized carbons (Fsp3) is 0.410. The van der Waals surface area contributed by atoms with Gasteiger partial charge in [0.25, 0.3) is 0 Å². The molecular formula is C61H77N9O4. The van der Waals surface area contributed by atoms with Gasteiger partial charge in [-0.3, -0.25) is 10.4 Å². The first-order chi connectivity index (χ1) is 35.8. The van der Waals surface area contributed by atoms with Crippen LogP contribution in [-0.4, -0.2) is 75.1 Å². The molecule has 0 saturated heterocycles. The molecule has 2 aromatic heterocycles. The normalized spacial score (nSPS) is 12.5. The maximum absolute atomic E-state index is 6.13. The molecule has 9 rings (SSSR count). The Bertz CT molecular complexity index is 3070. The summed E-state index contributed by atoms with van der Waals surface area (Å²) in [5.41, 5.74) is 17.5. The van der Waals surface area contributed by atoms with E-state index >= 15 is 0 Å². The fourth-order valence-electron chi connectivity index (χ4n) is 9.04. The van der Waals surface area contributed by atoms with Gasteiger partial charge < -0.3 is 18.9 Å². The summed E-state index contributed by atoms with van der Waals surface area (Å²) in [4.78, 5) is 3.73. The van der Waals surface area contributed by atoms with E-state index in [1.807, 2.05) is 54.6 Å². The molecule has 390 valence electrons. The number of anilines is 2. The molecule has 0 amide bonds. The summed E-state index contributed by atoms with van der Waals surface area (Å²) in [5.74, 6) is 5.09. The molecule has 0 bridgehead atoms. The lowest BCUT2D eigenvalue weighted by molar-refractivity contribution is 0.271. The molecule has 0 aliphatic carbocycles. The van der Waals surface area contributed by atoms with Gasteiger partial charge in [0.15, 0.2) is 0 Å². The van der Waals surface area contributed by atoms with E-state index in [4.69, 9.17) is 39.3 Å². The molecular weight excluding hydrogens is 923 g/mol. The highest BCUT2D eigenvalue weighted by atomic mass is 16.5. The zero-order valence-corrected chi connectivity index (χ0v) is 45.8. The van der Waals surface area contributed by atoms with Crippen molar-refractivity contribution in [2.45, 2.75) is 102 Å². The van der Waals surface area contributed by atoms with E-state index in [0.717, 1.165) is 120 Å². The summed E-state index contributed by atoms with van der Waals surface area (Å²) in [6.07, 6.45) is 1.62. The first-order valence-electron chi connectivity index (χ1n) is 26.9. The second kappa shape index (κ2) is 24.3. The van der Waals surface area contributed by atoms with Crippen molar-refractivity contribution >= 4 is 33.4 Å². The van der Waals surface area contributed by atoms with E-state index in [2.05, 4.69) is 163 Å². The number of unbranched alkanes of at least 4 members (excludes halogenated alkanes) is 1. The highest BCUT2D eigenvalue weighted by molar-refractivity contribution is 6.14. The molecule has 0 spiro atoms. The number of ether oxygens (including phenoxy) is 4. The van der Waals surface area contributed by atoms with Gasteiger partial charge in [-0.05, 0) is 114 Å². The highest BCUT2D eigenvalue weighted by Gasteiger charge is 2.35. The van der Waals surface area contributed by atoms with Crippen LogP contribution >= 0.6 is 0 Å². The van der Waals surface area contributed by atoms with Crippen LogP contribution in [0.2, 0.25) is 0 Å². The van der Waals surface area contributed by atoms with E-state index in [1.54, 1.807) is 0 Å². The summed E-state index contributed by atoms with van der Waals surface area (Å²) >= 11 is 0. The third-order valence-electron chi connectivity index (χ3n) is 12.5. The molecule has 0 radical (unpaired) electrons. The second-order valence-corrected chi connectivity index (χ2v) is 20.6. The van der Waals surface area contributed by atoms with Gasteiger partial charge in [0.1, 0.15) is 45.1 Å². The average Bonchev–Trinajstić information content (AvgIpc) is 4.11. The van der Waals surface area contributed by atoms with Crippen LogP contribution in [0.25, 0.3) is 66.6 Å². The number of hydrogen-bond donors (Lipinski definition) is 1. The topological polar surface area (TPSA) is 117 Å². The summed E-state index contributed by atoms with van der Waals surface area (Å²) in [7, 11) is 2.13. The number of rotatable bonds is 22. The second-order valence-electron chi connectivity index (χ2n) is 20.6. The minimum absolute atomic E-state index is 0.414. The zero-order valence-electron chi connectivity index (χ0n) is 45.8. The van der Waals surface area contributed by atoms with Crippen LogP contribution in [0.5, 0.6) is 23.0 Å². The Labute approximate surface area is 438 Å². The molecule has 1 aliphatic heterocycles. The Balaban J connectivity index is 0.00000360. The Morgan fingerprint density at radius 2 is 0.811 bits per heavy atom. The van der Waals surface area contributed by atoms with Crippen molar-refractivity contribution in [3.05, 3.63) is 109 Å². The van der Waals surface area contributed by atoms with E-state index in [0.29, 0.717) is 63.2 Å². The largest absolute Gasteiger partial charge is 0.494 e. The number of nitrogens with zero attached hydrogens (tertiary/aromatic N) is 8. The molecule has 13 heteroatoms. The molecule has 8 aromatic rings. The monoisotopic (exact) mass is 1000 g/mol. The molecule has 1 aliphatic rings. The third kappa shape index (κ3) is 12.3. The first kappa shape index (κ1) is 53.2. The summed E-state index contributed by atoms with van der Waals surface area (Å²) in [5, 5.41) is 25.5. The SMILES string of the molecule is CC.CCOc1ccc(-c2ccc(-c3ccc(OCC(C)C)cc3)c3nn(CCCCn4nc5c(-c6ccc(OCC(C)C)cc6)c6c(c(-c7ccc(OCC(C)C)cc7)c5n4)N(C)N(CC(C)C)N6)nc23)cc1. The van der Waals surface area contributed by atoms with E-state index in [-0.39, 0.29) is 0 Å². The van der Waals surface area contributed by atoms with Gasteiger partial charge in [0.2, 0.25) is 0 Å².